The van der Waals surface area contributed by atoms with E-state index >= 15 is 0 Å². The van der Waals surface area contributed by atoms with Crippen molar-refractivity contribution in [3.05, 3.63) is 0 Å². The van der Waals surface area contributed by atoms with E-state index in [9.17, 15) is 9.59 Å². The molecule has 0 aromatic rings. The van der Waals surface area contributed by atoms with Crippen LogP contribution in [-0.4, -0.2) is 24.1 Å². The molecule has 0 atom stereocenters. The summed E-state index contributed by atoms with van der Waals surface area (Å²) in [6.07, 6.45) is 1.60. The largest absolute Gasteiger partial charge is 0.466 e. The molecule has 4 heteroatoms. The number of rotatable bonds is 4. The first-order valence-electron chi connectivity index (χ1n) is 5.68. The standard InChI is InChI=1S/C12H20O4/c1-5-15-10(14)12(6-7-12)8-9(13)16-11(2,3)4/h5-8H2,1-4H3. The zero-order valence-corrected chi connectivity index (χ0v) is 10.5. The molecule has 0 aromatic carbocycles. The number of hydrogen-bond donors (Lipinski definition) is 0. The van der Waals surface area contributed by atoms with Crippen molar-refractivity contribution in [1.29, 1.82) is 0 Å². The highest BCUT2D eigenvalue weighted by Crippen LogP contribution is 2.50. The van der Waals surface area contributed by atoms with Crippen molar-refractivity contribution in [2.75, 3.05) is 6.61 Å². The van der Waals surface area contributed by atoms with Crippen LogP contribution in [0.3, 0.4) is 0 Å². The van der Waals surface area contributed by atoms with E-state index in [2.05, 4.69) is 0 Å². The summed E-state index contributed by atoms with van der Waals surface area (Å²) in [6, 6.07) is 0. The smallest absolute Gasteiger partial charge is 0.312 e. The lowest BCUT2D eigenvalue weighted by molar-refractivity contribution is -0.162. The van der Waals surface area contributed by atoms with Gasteiger partial charge < -0.3 is 9.47 Å². The molecular weight excluding hydrogens is 208 g/mol. The maximum Gasteiger partial charge on any atom is 0.312 e. The Morgan fingerprint density at radius 1 is 1.25 bits per heavy atom. The van der Waals surface area contributed by atoms with E-state index in [-0.39, 0.29) is 18.4 Å². The third-order valence-electron chi connectivity index (χ3n) is 2.46. The fraction of sp³-hybridized carbons (Fsp3) is 0.833. The minimum absolute atomic E-state index is 0.142. The van der Waals surface area contributed by atoms with E-state index in [4.69, 9.17) is 9.47 Å². The van der Waals surface area contributed by atoms with E-state index in [1.54, 1.807) is 6.92 Å². The quantitative estimate of drug-likeness (QED) is 0.691. The maximum absolute atomic E-state index is 11.6. The fourth-order valence-electron chi connectivity index (χ4n) is 1.54. The first-order chi connectivity index (χ1) is 7.29. The van der Waals surface area contributed by atoms with Crippen molar-refractivity contribution in [3.63, 3.8) is 0 Å². The number of carbonyl (C=O) groups excluding carboxylic acids is 2. The van der Waals surface area contributed by atoms with Gasteiger partial charge in [-0.05, 0) is 40.5 Å². The second-order valence-corrected chi connectivity index (χ2v) is 5.26. The van der Waals surface area contributed by atoms with E-state index in [1.807, 2.05) is 20.8 Å². The molecule has 1 fully saturated rings. The maximum atomic E-state index is 11.6. The highest BCUT2D eigenvalue weighted by molar-refractivity contribution is 5.86. The number of ether oxygens (including phenoxy) is 2. The molecule has 0 amide bonds. The van der Waals surface area contributed by atoms with Crippen LogP contribution < -0.4 is 0 Å². The van der Waals surface area contributed by atoms with Crippen molar-refractivity contribution in [2.45, 2.75) is 52.6 Å². The molecule has 4 nitrogen and oxygen atoms in total. The molecule has 0 unspecified atom stereocenters. The van der Waals surface area contributed by atoms with Crippen molar-refractivity contribution in [2.24, 2.45) is 5.41 Å². The zero-order valence-electron chi connectivity index (χ0n) is 10.5. The van der Waals surface area contributed by atoms with Crippen LogP contribution >= 0.6 is 0 Å². The van der Waals surface area contributed by atoms with Gasteiger partial charge in [-0.1, -0.05) is 0 Å². The van der Waals surface area contributed by atoms with E-state index in [0.29, 0.717) is 6.61 Å². The SMILES string of the molecule is CCOC(=O)C1(CC(=O)OC(C)(C)C)CC1. The average Bonchev–Trinajstić information content (AvgIpc) is 2.82. The predicted octanol–water partition coefficient (Wildman–Crippen LogP) is 2.06. The number of carbonyl (C=O) groups is 2. The Morgan fingerprint density at radius 2 is 1.81 bits per heavy atom. The molecule has 16 heavy (non-hydrogen) atoms. The molecule has 92 valence electrons. The van der Waals surface area contributed by atoms with Crippen LogP contribution in [0.15, 0.2) is 0 Å². The molecule has 1 aliphatic rings. The molecule has 1 aliphatic carbocycles. The van der Waals surface area contributed by atoms with Gasteiger partial charge in [-0.15, -0.1) is 0 Å². The van der Waals surface area contributed by atoms with Crippen LogP contribution in [0, 0.1) is 5.41 Å². The second kappa shape index (κ2) is 4.44. The normalized spacial score (nSPS) is 17.8. The summed E-state index contributed by atoms with van der Waals surface area (Å²) in [7, 11) is 0. The van der Waals surface area contributed by atoms with E-state index in [0.717, 1.165) is 12.8 Å². The molecule has 0 aliphatic heterocycles. The average molecular weight is 228 g/mol. The molecule has 1 saturated carbocycles. The number of hydrogen-bond acceptors (Lipinski definition) is 4. The van der Waals surface area contributed by atoms with Gasteiger partial charge in [0.1, 0.15) is 5.60 Å². The van der Waals surface area contributed by atoms with Crippen LogP contribution in [0.4, 0.5) is 0 Å². The molecule has 0 spiro atoms. The summed E-state index contributed by atoms with van der Waals surface area (Å²) in [5, 5.41) is 0. The fourth-order valence-corrected chi connectivity index (χ4v) is 1.54. The lowest BCUT2D eigenvalue weighted by Gasteiger charge is -2.21. The van der Waals surface area contributed by atoms with Crippen molar-refractivity contribution in [3.8, 4) is 0 Å². The van der Waals surface area contributed by atoms with Crippen LogP contribution in [0.2, 0.25) is 0 Å². The summed E-state index contributed by atoms with van der Waals surface area (Å²) in [4.78, 5) is 23.2. The first kappa shape index (κ1) is 13.0. The zero-order chi connectivity index (χ0) is 12.4. The molecule has 0 N–H and O–H groups in total. The van der Waals surface area contributed by atoms with Gasteiger partial charge in [0.25, 0.3) is 0 Å². The van der Waals surface area contributed by atoms with Crippen LogP contribution in [0.1, 0.15) is 47.0 Å². The molecule has 0 aromatic heterocycles. The molecule has 0 bridgehead atoms. The Hall–Kier alpha value is -1.06. The summed E-state index contributed by atoms with van der Waals surface area (Å²) in [5.41, 5.74) is -1.08. The summed E-state index contributed by atoms with van der Waals surface area (Å²) >= 11 is 0. The van der Waals surface area contributed by atoms with Gasteiger partial charge in [0, 0.05) is 0 Å². The Balaban J connectivity index is 2.48. The molecule has 0 saturated heterocycles. The Labute approximate surface area is 96.3 Å². The summed E-state index contributed by atoms with van der Waals surface area (Å²) in [6.45, 7) is 7.56. The lowest BCUT2D eigenvalue weighted by Crippen LogP contribution is -2.28. The van der Waals surface area contributed by atoms with E-state index in [1.165, 1.54) is 0 Å². The second-order valence-electron chi connectivity index (χ2n) is 5.26. The van der Waals surface area contributed by atoms with Gasteiger partial charge >= 0.3 is 11.9 Å². The van der Waals surface area contributed by atoms with Crippen LogP contribution in [0.5, 0.6) is 0 Å². The molecular formula is C12H20O4. The number of esters is 2. The predicted molar refractivity (Wildman–Crippen MR) is 58.8 cm³/mol. The molecule has 0 heterocycles. The highest BCUT2D eigenvalue weighted by Gasteiger charge is 2.53. The van der Waals surface area contributed by atoms with Gasteiger partial charge in [0.05, 0.1) is 18.4 Å². The minimum atomic E-state index is -0.585. The van der Waals surface area contributed by atoms with Crippen LogP contribution in [0.25, 0.3) is 0 Å². The van der Waals surface area contributed by atoms with Crippen LogP contribution in [-0.2, 0) is 19.1 Å². The Kier molecular flexibility index (Phi) is 3.61. The van der Waals surface area contributed by atoms with Crippen molar-refractivity contribution in [1.82, 2.24) is 0 Å². The first-order valence-corrected chi connectivity index (χ1v) is 5.68. The van der Waals surface area contributed by atoms with Gasteiger partial charge in [-0.25, -0.2) is 0 Å². The Morgan fingerprint density at radius 3 is 2.19 bits per heavy atom. The highest BCUT2D eigenvalue weighted by atomic mass is 16.6. The van der Waals surface area contributed by atoms with Gasteiger partial charge in [0.2, 0.25) is 0 Å². The molecule has 1 rings (SSSR count). The van der Waals surface area contributed by atoms with Gasteiger partial charge in [-0.2, -0.15) is 0 Å². The monoisotopic (exact) mass is 228 g/mol. The minimum Gasteiger partial charge on any atom is -0.466 e. The summed E-state index contributed by atoms with van der Waals surface area (Å²) in [5.74, 6) is -0.584. The van der Waals surface area contributed by atoms with Gasteiger partial charge in [-0.3, -0.25) is 9.59 Å². The third kappa shape index (κ3) is 3.51. The Bertz CT molecular complexity index is 284. The van der Waals surface area contributed by atoms with Gasteiger partial charge in [0.15, 0.2) is 0 Å². The topological polar surface area (TPSA) is 52.6 Å². The van der Waals surface area contributed by atoms with Crippen molar-refractivity contribution < 1.29 is 19.1 Å². The third-order valence-corrected chi connectivity index (χ3v) is 2.46. The molecule has 0 radical (unpaired) electrons. The van der Waals surface area contributed by atoms with E-state index < -0.39 is 11.0 Å². The van der Waals surface area contributed by atoms with Crippen molar-refractivity contribution >= 4 is 11.9 Å². The lowest BCUT2D eigenvalue weighted by atomic mass is 10.0. The summed E-state index contributed by atoms with van der Waals surface area (Å²) < 4.78 is 10.1.